The molecule has 0 bridgehead atoms. The zero-order chi connectivity index (χ0) is 25.6. The van der Waals surface area contributed by atoms with Gasteiger partial charge in [-0.25, -0.2) is 17.9 Å². The van der Waals surface area contributed by atoms with E-state index in [1.54, 1.807) is 24.3 Å². The van der Waals surface area contributed by atoms with Gasteiger partial charge in [-0.05, 0) is 30.3 Å². The monoisotopic (exact) mass is 522 g/mol. The Labute approximate surface area is 206 Å². The standard InChI is InChI=1S/C22H18ClF3N6O4/c23-11-2-1-3-12(6-11)31-9-27-29-22(31)21-20(35)18(19(34)16(8-33)36-21)32-7-15(28-30-32)10-4-13(24)17(26)14(25)5-10/h1-7,9,16,18-21,33-35H,8H2/t16-,18+,19+,20-,21-/m1/s1. The van der Waals surface area contributed by atoms with Crippen molar-refractivity contribution in [3.63, 3.8) is 0 Å². The number of hydrogen-bond acceptors (Lipinski definition) is 8. The minimum Gasteiger partial charge on any atom is -0.394 e. The third kappa shape index (κ3) is 4.24. The van der Waals surface area contributed by atoms with Gasteiger partial charge in [0, 0.05) is 16.3 Å². The van der Waals surface area contributed by atoms with Crippen LogP contribution in [0.25, 0.3) is 16.9 Å². The topological polar surface area (TPSA) is 131 Å². The lowest BCUT2D eigenvalue weighted by molar-refractivity contribution is -0.210. The lowest BCUT2D eigenvalue weighted by Gasteiger charge is -2.41. The first kappa shape index (κ1) is 24.3. The highest BCUT2D eigenvalue weighted by Crippen LogP contribution is 2.38. The molecule has 0 unspecified atom stereocenters. The summed E-state index contributed by atoms with van der Waals surface area (Å²) in [5.74, 6) is -4.29. The van der Waals surface area contributed by atoms with Gasteiger partial charge in [-0.2, -0.15) is 0 Å². The minimum absolute atomic E-state index is 0.0436. The molecule has 14 heteroatoms. The van der Waals surface area contributed by atoms with Crippen LogP contribution in [0.15, 0.2) is 48.9 Å². The van der Waals surface area contributed by atoms with E-state index in [4.69, 9.17) is 16.3 Å². The maximum atomic E-state index is 13.7. The molecule has 2 aromatic heterocycles. The molecule has 3 heterocycles. The van der Waals surface area contributed by atoms with Crippen molar-refractivity contribution < 1.29 is 33.2 Å². The molecule has 5 rings (SSSR count). The lowest BCUT2D eigenvalue weighted by Crippen LogP contribution is -2.53. The molecule has 0 amide bonds. The molecule has 3 N–H and O–H groups in total. The van der Waals surface area contributed by atoms with E-state index in [-0.39, 0.29) is 17.1 Å². The molecule has 0 radical (unpaired) electrons. The quantitative estimate of drug-likeness (QED) is 0.339. The van der Waals surface area contributed by atoms with E-state index >= 15 is 0 Å². The molecule has 1 saturated heterocycles. The molecule has 1 aliphatic heterocycles. The average molecular weight is 523 g/mol. The maximum Gasteiger partial charge on any atom is 0.194 e. The number of aliphatic hydroxyl groups excluding tert-OH is 3. The molecular weight excluding hydrogens is 505 g/mol. The zero-order valence-electron chi connectivity index (χ0n) is 18.2. The maximum absolute atomic E-state index is 13.7. The van der Waals surface area contributed by atoms with Crippen molar-refractivity contribution in [3.05, 3.63) is 77.2 Å². The van der Waals surface area contributed by atoms with Gasteiger partial charge in [0.2, 0.25) is 0 Å². The number of hydrogen-bond donors (Lipinski definition) is 3. The van der Waals surface area contributed by atoms with E-state index in [2.05, 4.69) is 20.5 Å². The number of rotatable bonds is 5. The van der Waals surface area contributed by atoms with E-state index in [1.807, 2.05) is 0 Å². The normalized spacial score (nSPS) is 24.2. The van der Waals surface area contributed by atoms with Crippen LogP contribution >= 0.6 is 11.6 Å². The average Bonchev–Trinajstić information content (AvgIpc) is 3.53. The number of aromatic nitrogens is 6. The smallest absolute Gasteiger partial charge is 0.194 e. The molecule has 10 nitrogen and oxygen atoms in total. The Kier molecular flexibility index (Phi) is 6.49. The summed E-state index contributed by atoms with van der Waals surface area (Å²) in [6, 6.07) is 7.03. The second-order valence-corrected chi connectivity index (χ2v) is 8.56. The van der Waals surface area contributed by atoms with Crippen molar-refractivity contribution in [3.8, 4) is 16.9 Å². The van der Waals surface area contributed by atoms with Crippen molar-refractivity contribution in [1.82, 2.24) is 29.8 Å². The Morgan fingerprint density at radius 1 is 1.03 bits per heavy atom. The van der Waals surface area contributed by atoms with Gasteiger partial charge in [0.1, 0.15) is 42.5 Å². The van der Waals surface area contributed by atoms with Crippen LogP contribution in [0.5, 0.6) is 0 Å². The van der Waals surface area contributed by atoms with Crippen LogP contribution in [0.1, 0.15) is 18.0 Å². The van der Waals surface area contributed by atoms with Crippen LogP contribution in [0.2, 0.25) is 5.02 Å². The van der Waals surface area contributed by atoms with Crippen molar-refractivity contribution in [2.24, 2.45) is 0 Å². The largest absolute Gasteiger partial charge is 0.394 e. The number of nitrogens with zero attached hydrogens (tertiary/aromatic N) is 6. The number of aliphatic hydroxyl groups is 3. The van der Waals surface area contributed by atoms with Gasteiger partial charge < -0.3 is 20.1 Å². The Bertz CT molecular complexity index is 1380. The van der Waals surface area contributed by atoms with Gasteiger partial charge in [0.05, 0.1) is 12.8 Å². The fourth-order valence-electron chi connectivity index (χ4n) is 4.15. The zero-order valence-corrected chi connectivity index (χ0v) is 18.9. The molecule has 4 aromatic rings. The number of halogens is 4. The molecule has 0 spiro atoms. The Hall–Kier alpha value is -3.36. The van der Waals surface area contributed by atoms with Gasteiger partial charge in [-0.15, -0.1) is 15.3 Å². The molecule has 36 heavy (non-hydrogen) atoms. The molecule has 5 atom stereocenters. The van der Waals surface area contributed by atoms with Crippen LogP contribution in [0.3, 0.4) is 0 Å². The summed E-state index contributed by atoms with van der Waals surface area (Å²) in [7, 11) is 0. The first-order valence-electron chi connectivity index (χ1n) is 10.6. The second kappa shape index (κ2) is 9.59. The highest BCUT2D eigenvalue weighted by Gasteiger charge is 2.48. The molecular formula is C22H18ClF3N6O4. The van der Waals surface area contributed by atoms with E-state index < -0.39 is 54.5 Å². The van der Waals surface area contributed by atoms with Crippen molar-refractivity contribution in [2.75, 3.05) is 6.61 Å². The second-order valence-electron chi connectivity index (χ2n) is 8.13. The van der Waals surface area contributed by atoms with E-state index in [0.717, 1.165) is 16.8 Å². The highest BCUT2D eigenvalue weighted by molar-refractivity contribution is 6.30. The van der Waals surface area contributed by atoms with Crippen molar-refractivity contribution in [1.29, 1.82) is 0 Å². The van der Waals surface area contributed by atoms with Crippen molar-refractivity contribution in [2.45, 2.75) is 30.5 Å². The van der Waals surface area contributed by atoms with Crippen LogP contribution < -0.4 is 0 Å². The number of ether oxygens (including phenoxy) is 1. The Morgan fingerprint density at radius 3 is 2.47 bits per heavy atom. The fraction of sp³-hybridized carbons (Fsp3) is 0.273. The third-order valence-electron chi connectivity index (χ3n) is 5.90. The van der Waals surface area contributed by atoms with Crippen LogP contribution in [-0.4, -0.2) is 70.0 Å². The van der Waals surface area contributed by atoms with Crippen LogP contribution in [-0.2, 0) is 4.74 Å². The predicted molar refractivity (Wildman–Crippen MR) is 117 cm³/mol. The molecule has 2 aromatic carbocycles. The van der Waals surface area contributed by atoms with Gasteiger partial charge in [0.15, 0.2) is 23.3 Å². The van der Waals surface area contributed by atoms with E-state index in [0.29, 0.717) is 10.7 Å². The summed E-state index contributed by atoms with van der Waals surface area (Å²) in [5.41, 5.74) is 0.424. The van der Waals surface area contributed by atoms with Gasteiger partial charge in [-0.3, -0.25) is 4.57 Å². The molecule has 0 saturated carbocycles. The Balaban J connectivity index is 1.52. The minimum atomic E-state index is -1.63. The van der Waals surface area contributed by atoms with E-state index in [1.165, 1.54) is 17.1 Å². The van der Waals surface area contributed by atoms with Gasteiger partial charge >= 0.3 is 0 Å². The van der Waals surface area contributed by atoms with Crippen molar-refractivity contribution >= 4 is 11.6 Å². The van der Waals surface area contributed by atoms with Crippen LogP contribution in [0, 0.1) is 17.5 Å². The summed E-state index contributed by atoms with van der Waals surface area (Å²) in [6.07, 6.45) is -2.69. The first-order valence-corrected chi connectivity index (χ1v) is 11.0. The SMILES string of the molecule is OC[C@H]1O[C@@H](c2nncn2-c2cccc(Cl)c2)[C@H](O)[C@@H](n2cc(-c3cc(F)c(F)c(F)c3)nn2)[C@H]1O. The van der Waals surface area contributed by atoms with E-state index in [9.17, 15) is 28.5 Å². The third-order valence-corrected chi connectivity index (χ3v) is 6.14. The number of benzene rings is 2. The van der Waals surface area contributed by atoms with Gasteiger partial charge in [-0.1, -0.05) is 22.9 Å². The summed E-state index contributed by atoms with van der Waals surface area (Å²) in [4.78, 5) is 0. The summed E-state index contributed by atoms with van der Waals surface area (Å²) in [6.45, 7) is -0.609. The Morgan fingerprint density at radius 2 is 1.78 bits per heavy atom. The predicted octanol–water partition coefficient (Wildman–Crippen LogP) is 1.99. The molecule has 1 fully saturated rings. The lowest BCUT2D eigenvalue weighted by atomic mass is 9.92. The summed E-state index contributed by atoms with van der Waals surface area (Å²) < 4.78 is 49.1. The molecule has 0 aliphatic carbocycles. The summed E-state index contributed by atoms with van der Waals surface area (Å²) in [5, 5.41) is 48.0. The molecule has 1 aliphatic rings. The first-order chi connectivity index (χ1) is 17.3. The summed E-state index contributed by atoms with van der Waals surface area (Å²) >= 11 is 6.09. The van der Waals surface area contributed by atoms with Crippen LogP contribution in [0.4, 0.5) is 13.2 Å². The molecule has 188 valence electrons. The highest BCUT2D eigenvalue weighted by atomic mass is 35.5. The van der Waals surface area contributed by atoms with Gasteiger partial charge in [0.25, 0.3) is 0 Å². The fourth-order valence-corrected chi connectivity index (χ4v) is 4.33.